The Morgan fingerprint density at radius 1 is 0.381 bits per heavy atom. The van der Waals surface area contributed by atoms with Gasteiger partial charge < -0.3 is 0 Å². The van der Waals surface area contributed by atoms with Crippen molar-refractivity contribution in [1.29, 1.82) is 0 Å². The zero-order valence-corrected chi connectivity index (χ0v) is 16.5. The predicted molar refractivity (Wildman–Crippen MR) is 101 cm³/mol. The van der Waals surface area contributed by atoms with Crippen LogP contribution in [0.4, 0.5) is 0 Å². The van der Waals surface area contributed by atoms with E-state index in [1.807, 2.05) is 0 Å². The first-order chi connectivity index (χ1) is 10.4. The smallest absolute Gasteiger partial charge is 0.104 e. The molecule has 21 heavy (non-hydrogen) atoms. The van der Waals surface area contributed by atoms with E-state index in [0.29, 0.717) is 0 Å². The molecule has 0 saturated heterocycles. The fourth-order valence-corrected chi connectivity index (χ4v) is 4.43. The average molecular weight is 310 g/mol. The molecule has 0 atom stereocenters. The van der Waals surface area contributed by atoms with Gasteiger partial charge in [-0.15, -0.1) is 10.6 Å². The monoisotopic (exact) mass is 309 g/mol. The quantitative estimate of drug-likeness (QED) is 0.179. The van der Waals surface area contributed by atoms with Crippen molar-refractivity contribution in [2.45, 2.75) is 127 Å². The Hall–Kier alpha value is 0.532. The molecule has 0 aliphatic rings. The molecule has 0 rings (SSSR count). The van der Waals surface area contributed by atoms with Gasteiger partial charge in [0.25, 0.3) is 0 Å². The molecular weight excluding hydrogens is 267 g/mol. The maximum atomic E-state index is 2.30. The lowest BCUT2D eigenvalue weighted by Crippen LogP contribution is -1.90. The van der Waals surface area contributed by atoms with Gasteiger partial charge in [-0.1, -0.05) is 117 Å². The van der Waals surface area contributed by atoms with Crippen LogP contribution in [-0.2, 0) is 0 Å². The van der Waals surface area contributed by atoms with E-state index in [-0.39, 0.29) is 0 Å². The van der Waals surface area contributed by atoms with Crippen LogP contribution in [0.25, 0.3) is 0 Å². The van der Waals surface area contributed by atoms with E-state index < -0.39 is 0 Å². The molecule has 0 N–H and O–H groups in total. The van der Waals surface area contributed by atoms with E-state index in [2.05, 4.69) is 13.8 Å². The molecule has 0 aliphatic carbocycles. The first-order valence-electron chi connectivity index (χ1n) is 10.2. The molecular formula is C20H42Al. The summed E-state index contributed by atoms with van der Waals surface area (Å²) in [6, 6.07) is 0. The van der Waals surface area contributed by atoms with Crippen LogP contribution in [0.1, 0.15) is 117 Å². The molecule has 0 aromatic carbocycles. The summed E-state index contributed by atoms with van der Waals surface area (Å²) < 4.78 is 0. The van der Waals surface area contributed by atoms with Crippen molar-refractivity contribution in [1.82, 2.24) is 0 Å². The highest BCUT2D eigenvalue weighted by Gasteiger charge is 1.96. The summed E-state index contributed by atoms with van der Waals surface area (Å²) in [7, 11) is 0. The lowest BCUT2D eigenvalue weighted by molar-refractivity contribution is 0.582. The van der Waals surface area contributed by atoms with E-state index in [4.69, 9.17) is 0 Å². The van der Waals surface area contributed by atoms with Gasteiger partial charge in [0.05, 0.1) is 0 Å². The lowest BCUT2D eigenvalue weighted by atomic mass is 10.1. The lowest BCUT2D eigenvalue weighted by Gasteiger charge is -2.02. The molecule has 0 aromatic heterocycles. The Bertz CT molecular complexity index is 149. The summed E-state index contributed by atoms with van der Waals surface area (Å²) in [5.74, 6) is 0. The normalized spacial score (nSPS) is 11.0. The minimum absolute atomic E-state index is 0.786. The number of rotatable bonds is 18. The minimum atomic E-state index is 0.786. The van der Waals surface area contributed by atoms with Gasteiger partial charge in [0.2, 0.25) is 0 Å². The topological polar surface area (TPSA) is 0 Å². The molecule has 125 valence electrons. The Morgan fingerprint density at radius 3 is 1.00 bits per heavy atom. The number of hydrogen-bond donors (Lipinski definition) is 0. The standard InChI is InChI=1S/2C10H21.Al/c2*1-3-5-7-9-10-8-6-4-2;/h2*1,3-10H2,2H3;. The molecule has 0 bridgehead atoms. The fraction of sp³-hybridized carbons (Fsp3) is 1.00. The van der Waals surface area contributed by atoms with Gasteiger partial charge in [0.15, 0.2) is 15.2 Å². The molecule has 0 nitrogen and oxygen atoms in total. The Morgan fingerprint density at radius 2 is 0.667 bits per heavy atom. The third-order valence-corrected chi connectivity index (χ3v) is 6.16. The Balaban J connectivity index is 2.90. The van der Waals surface area contributed by atoms with Crippen molar-refractivity contribution in [3.63, 3.8) is 0 Å². The van der Waals surface area contributed by atoms with Crippen LogP contribution in [0.5, 0.6) is 0 Å². The highest BCUT2D eigenvalue weighted by atomic mass is 27.1. The maximum absolute atomic E-state index is 2.30. The molecule has 0 aliphatic heterocycles. The Kier molecular flexibility index (Phi) is 21.1. The first kappa shape index (κ1) is 21.5. The van der Waals surface area contributed by atoms with Crippen LogP contribution in [0.15, 0.2) is 0 Å². The van der Waals surface area contributed by atoms with Gasteiger partial charge in [0.1, 0.15) is 0 Å². The third-order valence-electron chi connectivity index (χ3n) is 4.52. The van der Waals surface area contributed by atoms with Crippen LogP contribution < -0.4 is 0 Å². The van der Waals surface area contributed by atoms with Crippen molar-refractivity contribution < 1.29 is 0 Å². The fourth-order valence-electron chi connectivity index (χ4n) is 2.99. The predicted octanol–water partition coefficient (Wildman–Crippen LogP) is 7.81. The number of hydrogen-bond acceptors (Lipinski definition) is 0. The summed E-state index contributed by atoms with van der Waals surface area (Å²) in [4.78, 5) is 0. The SMILES string of the molecule is CCCCCCCCC[CH2][Al][CH2]CCCCCCCCC. The Labute approximate surface area is 142 Å². The van der Waals surface area contributed by atoms with E-state index >= 15 is 0 Å². The van der Waals surface area contributed by atoms with Gasteiger partial charge in [-0.3, -0.25) is 0 Å². The maximum Gasteiger partial charge on any atom is 0.199 e. The van der Waals surface area contributed by atoms with Crippen molar-refractivity contribution in [2.75, 3.05) is 0 Å². The van der Waals surface area contributed by atoms with Crippen molar-refractivity contribution in [2.24, 2.45) is 0 Å². The largest absolute Gasteiger partial charge is 0.199 e. The highest BCUT2D eigenvalue weighted by molar-refractivity contribution is 6.35. The molecule has 0 fully saturated rings. The van der Waals surface area contributed by atoms with Crippen LogP contribution in [0, 0.1) is 0 Å². The summed E-state index contributed by atoms with van der Waals surface area (Å²) in [6.45, 7) is 4.60. The van der Waals surface area contributed by atoms with Gasteiger partial charge >= 0.3 is 0 Å². The zero-order valence-electron chi connectivity index (χ0n) is 15.3. The van der Waals surface area contributed by atoms with Gasteiger partial charge in [-0.05, 0) is 0 Å². The molecule has 1 radical (unpaired) electrons. The summed E-state index contributed by atoms with van der Waals surface area (Å²) in [5.41, 5.74) is 0. The van der Waals surface area contributed by atoms with Crippen LogP contribution in [0.3, 0.4) is 0 Å². The highest BCUT2D eigenvalue weighted by Crippen LogP contribution is 2.12. The van der Waals surface area contributed by atoms with E-state index in [1.54, 1.807) is 10.6 Å². The second kappa shape index (κ2) is 20.5. The van der Waals surface area contributed by atoms with Crippen LogP contribution in [0.2, 0.25) is 10.6 Å². The second-order valence-electron chi connectivity index (χ2n) is 6.82. The van der Waals surface area contributed by atoms with Crippen molar-refractivity contribution >= 4 is 15.2 Å². The molecule has 0 unspecified atom stereocenters. The molecule has 0 spiro atoms. The van der Waals surface area contributed by atoms with Gasteiger partial charge in [0, 0.05) is 0 Å². The summed E-state index contributed by atoms with van der Waals surface area (Å²) in [5, 5.41) is 3.15. The third kappa shape index (κ3) is 20.5. The van der Waals surface area contributed by atoms with Gasteiger partial charge in [-0.25, -0.2) is 0 Å². The first-order valence-corrected chi connectivity index (χ1v) is 11.9. The van der Waals surface area contributed by atoms with Crippen LogP contribution in [-0.4, -0.2) is 15.2 Å². The molecule has 1 heteroatoms. The minimum Gasteiger partial charge on any atom is -0.104 e. The van der Waals surface area contributed by atoms with Crippen molar-refractivity contribution in [3.05, 3.63) is 0 Å². The second-order valence-corrected chi connectivity index (χ2v) is 8.55. The molecule has 0 amide bonds. The zero-order chi connectivity index (χ0) is 15.4. The van der Waals surface area contributed by atoms with Crippen LogP contribution >= 0.6 is 0 Å². The van der Waals surface area contributed by atoms with E-state index in [0.717, 1.165) is 15.2 Å². The molecule has 0 saturated carbocycles. The summed E-state index contributed by atoms with van der Waals surface area (Å²) in [6.07, 6.45) is 23.6. The van der Waals surface area contributed by atoms with Crippen molar-refractivity contribution in [3.8, 4) is 0 Å². The van der Waals surface area contributed by atoms with E-state index in [9.17, 15) is 0 Å². The summed E-state index contributed by atoms with van der Waals surface area (Å²) >= 11 is 0.786. The van der Waals surface area contributed by atoms with Gasteiger partial charge in [-0.2, -0.15) is 0 Å². The molecule has 0 aromatic rings. The molecule has 0 heterocycles. The average Bonchev–Trinajstić information content (AvgIpc) is 2.50. The number of unbranched alkanes of at least 4 members (excludes halogenated alkanes) is 14. The van der Waals surface area contributed by atoms with E-state index in [1.165, 1.54) is 103 Å².